The predicted molar refractivity (Wildman–Crippen MR) is 76.7 cm³/mol. The topological polar surface area (TPSA) is 84.3 Å². The van der Waals surface area contributed by atoms with E-state index in [-0.39, 0.29) is 11.7 Å². The van der Waals surface area contributed by atoms with Crippen LogP contribution in [0.4, 0.5) is 5.82 Å². The molecule has 1 rings (SSSR count). The van der Waals surface area contributed by atoms with Crippen LogP contribution in [0.3, 0.4) is 0 Å². The Morgan fingerprint density at radius 1 is 1.40 bits per heavy atom. The van der Waals surface area contributed by atoms with Crippen LogP contribution in [0.5, 0.6) is 0 Å². The minimum Gasteiger partial charge on any atom is -0.463 e. The molecule has 0 aromatic carbocycles. The molecule has 0 aliphatic carbocycles. The van der Waals surface area contributed by atoms with E-state index >= 15 is 0 Å². The van der Waals surface area contributed by atoms with Crippen molar-refractivity contribution in [3.05, 3.63) is 17.6 Å². The van der Waals surface area contributed by atoms with Gasteiger partial charge >= 0.3 is 5.97 Å². The number of methoxy groups -OCH3 is 1. The van der Waals surface area contributed by atoms with Crippen LogP contribution in [-0.2, 0) is 4.74 Å². The molecule has 1 heterocycles. The molecule has 0 amide bonds. The summed E-state index contributed by atoms with van der Waals surface area (Å²) >= 11 is 0. The fourth-order valence-electron chi connectivity index (χ4n) is 2.05. The highest BCUT2D eigenvalue weighted by Gasteiger charge is 2.16. The maximum atomic E-state index is 11.4. The van der Waals surface area contributed by atoms with Crippen molar-refractivity contribution >= 4 is 11.8 Å². The first-order valence-corrected chi connectivity index (χ1v) is 6.87. The fourth-order valence-corrected chi connectivity index (χ4v) is 2.05. The second-order valence-electron chi connectivity index (χ2n) is 4.73. The van der Waals surface area contributed by atoms with Crippen LogP contribution in [0.1, 0.15) is 43.0 Å². The summed E-state index contributed by atoms with van der Waals surface area (Å²) in [5.74, 6) is 0.220. The maximum absolute atomic E-state index is 11.4. The van der Waals surface area contributed by atoms with E-state index in [1.165, 1.54) is 7.11 Å². The van der Waals surface area contributed by atoms with Crippen molar-refractivity contribution in [3.8, 4) is 0 Å². The van der Waals surface area contributed by atoms with Crippen LogP contribution in [0, 0.1) is 12.8 Å². The van der Waals surface area contributed by atoms with Crippen LogP contribution >= 0.6 is 0 Å². The highest BCUT2D eigenvalue weighted by Crippen LogP contribution is 2.14. The summed E-state index contributed by atoms with van der Waals surface area (Å²) in [4.78, 5) is 19.5. The van der Waals surface area contributed by atoms with Crippen LogP contribution in [-0.4, -0.2) is 40.8 Å². The average Bonchev–Trinajstić information content (AvgIpc) is 2.45. The van der Waals surface area contributed by atoms with Gasteiger partial charge in [-0.3, -0.25) is 0 Å². The van der Waals surface area contributed by atoms with Crippen LogP contribution in [0.15, 0.2) is 6.07 Å². The van der Waals surface area contributed by atoms with Gasteiger partial charge in [0.25, 0.3) is 0 Å². The molecular weight excluding hydrogens is 258 g/mol. The van der Waals surface area contributed by atoms with Crippen molar-refractivity contribution in [3.63, 3.8) is 0 Å². The lowest BCUT2D eigenvalue weighted by atomic mass is 9.96. The minimum atomic E-state index is -0.572. The number of carbonyl (C=O) groups is 1. The van der Waals surface area contributed by atoms with E-state index < -0.39 is 12.1 Å². The molecule has 6 heteroatoms. The first kappa shape index (κ1) is 16.4. The van der Waals surface area contributed by atoms with Gasteiger partial charge in [-0.15, -0.1) is 0 Å². The van der Waals surface area contributed by atoms with Crippen molar-refractivity contribution < 1.29 is 14.6 Å². The molecule has 0 aliphatic heterocycles. The number of aliphatic hydroxyl groups is 1. The van der Waals surface area contributed by atoms with Crippen molar-refractivity contribution in [2.24, 2.45) is 5.92 Å². The molecule has 112 valence electrons. The minimum absolute atomic E-state index is 0.0204. The number of aromatic nitrogens is 2. The zero-order chi connectivity index (χ0) is 15.1. The Hall–Kier alpha value is -1.69. The van der Waals surface area contributed by atoms with Crippen molar-refractivity contribution in [1.29, 1.82) is 0 Å². The van der Waals surface area contributed by atoms with Crippen LogP contribution < -0.4 is 5.32 Å². The number of hydrogen-bond acceptors (Lipinski definition) is 6. The summed E-state index contributed by atoms with van der Waals surface area (Å²) in [5.41, 5.74) is 0.667. The Labute approximate surface area is 119 Å². The van der Waals surface area contributed by atoms with Crippen LogP contribution in [0.25, 0.3) is 0 Å². The molecule has 0 radical (unpaired) electrons. The molecule has 6 nitrogen and oxygen atoms in total. The Morgan fingerprint density at radius 3 is 2.60 bits per heavy atom. The zero-order valence-electron chi connectivity index (χ0n) is 12.5. The molecule has 0 fully saturated rings. The molecule has 0 aliphatic rings. The number of aryl methyl sites for hydroxylation is 1. The first-order valence-electron chi connectivity index (χ1n) is 6.87. The second kappa shape index (κ2) is 7.79. The Balaban J connectivity index is 2.73. The normalized spacial score (nSPS) is 12.3. The van der Waals surface area contributed by atoms with E-state index in [1.54, 1.807) is 13.0 Å². The third-order valence-corrected chi connectivity index (χ3v) is 3.31. The molecule has 2 N–H and O–H groups in total. The van der Waals surface area contributed by atoms with Gasteiger partial charge in [0.1, 0.15) is 5.82 Å². The number of anilines is 1. The average molecular weight is 281 g/mol. The standard InChI is InChI=1S/C14H23N3O3/c1-5-10(6-2)11(18)8-15-12-7-9(3)16-13(17-12)14(19)20-4/h7,10-11,18H,5-6,8H2,1-4H3,(H,15,16,17). The number of carbonyl (C=O) groups excluding carboxylic acids is 1. The second-order valence-corrected chi connectivity index (χ2v) is 4.73. The molecule has 0 saturated carbocycles. The van der Waals surface area contributed by atoms with Gasteiger partial charge in [-0.1, -0.05) is 26.7 Å². The predicted octanol–water partition coefficient (Wildman–Crippen LogP) is 1.78. The lowest BCUT2D eigenvalue weighted by Gasteiger charge is -2.20. The maximum Gasteiger partial charge on any atom is 0.376 e. The van der Waals surface area contributed by atoms with E-state index in [1.807, 2.05) is 0 Å². The molecule has 0 bridgehead atoms. The van der Waals surface area contributed by atoms with Gasteiger partial charge in [0.05, 0.1) is 13.2 Å². The van der Waals surface area contributed by atoms with Crippen LogP contribution in [0.2, 0.25) is 0 Å². The quantitative estimate of drug-likeness (QED) is 0.741. The molecular formula is C14H23N3O3. The molecule has 1 aromatic heterocycles. The highest BCUT2D eigenvalue weighted by atomic mass is 16.5. The third-order valence-electron chi connectivity index (χ3n) is 3.31. The molecule has 1 aromatic rings. The summed E-state index contributed by atoms with van der Waals surface area (Å²) in [6.07, 6.45) is 1.41. The van der Waals surface area contributed by atoms with Crippen molar-refractivity contribution in [1.82, 2.24) is 9.97 Å². The van der Waals surface area contributed by atoms with Gasteiger partial charge in [0.2, 0.25) is 5.82 Å². The van der Waals surface area contributed by atoms with Gasteiger partial charge in [-0.05, 0) is 12.8 Å². The molecule has 1 atom stereocenters. The third kappa shape index (κ3) is 4.45. The lowest BCUT2D eigenvalue weighted by molar-refractivity contribution is 0.0586. The Bertz CT molecular complexity index is 447. The van der Waals surface area contributed by atoms with Gasteiger partial charge in [0.15, 0.2) is 0 Å². The first-order chi connectivity index (χ1) is 9.51. The van der Waals surface area contributed by atoms with E-state index in [4.69, 9.17) is 0 Å². The number of nitrogens with one attached hydrogen (secondary N) is 1. The monoisotopic (exact) mass is 281 g/mol. The molecule has 0 spiro atoms. The van der Waals surface area contributed by atoms with Gasteiger partial charge in [-0.25, -0.2) is 14.8 Å². The van der Waals surface area contributed by atoms with E-state index in [2.05, 4.69) is 33.9 Å². The van der Waals surface area contributed by atoms with E-state index in [0.717, 1.165) is 12.8 Å². The summed E-state index contributed by atoms with van der Waals surface area (Å²) in [6, 6.07) is 1.73. The summed E-state index contributed by atoms with van der Waals surface area (Å²) in [7, 11) is 1.29. The number of ether oxygens (including phenoxy) is 1. The smallest absolute Gasteiger partial charge is 0.376 e. The van der Waals surface area contributed by atoms with E-state index in [9.17, 15) is 9.90 Å². The van der Waals surface area contributed by atoms with Crippen molar-refractivity contribution in [2.75, 3.05) is 19.0 Å². The summed E-state index contributed by atoms with van der Waals surface area (Å²) < 4.78 is 4.60. The number of rotatable bonds is 7. The number of hydrogen-bond donors (Lipinski definition) is 2. The lowest BCUT2D eigenvalue weighted by Crippen LogP contribution is -2.28. The molecule has 20 heavy (non-hydrogen) atoms. The number of aliphatic hydroxyl groups excluding tert-OH is 1. The number of nitrogens with zero attached hydrogens (tertiary/aromatic N) is 2. The van der Waals surface area contributed by atoms with Gasteiger partial charge in [0, 0.05) is 18.3 Å². The fraction of sp³-hybridized carbons (Fsp3) is 0.643. The largest absolute Gasteiger partial charge is 0.463 e. The van der Waals surface area contributed by atoms with Gasteiger partial charge < -0.3 is 15.2 Å². The molecule has 0 saturated heterocycles. The summed E-state index contributed by atoms with van der Waals surface area (Å²) in [5, 5.41) is 13.1. The Morgan fingerprint density at radius 2 is 2.05 bits per heavy atom. The highest BCUT2D eigenvalue weighted by molar-refractivity contribution is 5.85. The van der Waals surface area contributed by atoms with E-state index in [0.29, 0.717) is 18.1 Å². The molecule has 1 unspecified atom stereocenters. The van der Waals surface area contributed by atoms with Gasteiger partial charge in [-0.2, -0.15) is 0 Å². The SMILES string of the molecule is CCC(CC)C(O)CNc1cc(C)nc(C(=O)OC)n1. The number of esters is 1. The Kier molecular flexibility index (Phi) is 6.38. The van der Waals surface area contributed by atoms with Crippen molar-refractivity contribution in [2.45, 2.75) is 39.7 Å². The summed E-state index contributed by atoms with van der Waals surface area (Å²) in [6.45, 7) is 6.28. The zero-order valence-corrected chi connectivity index (χ0v) is 12.5.